The number of carbonyl (C=O) groups excluding carboxylic acids is 1. The summed E-state index contributed by atoms with van der Waals surface area (Å²) < 4.78 is 7.76. The fraction of sp³-hybridized carbons (Fsp3) is 0.259. The summed E-state index contributed by atoms with van der Waals surface area (Å²) in [7, 11) is 0. The van der Waals surface area contributed by atoms with Gasteiger partial charge < -0.3 is 20.3 Å². The summed E-state index contributed by atoms with van der Waals surface area (Å²) in [6.07, 6.45) is 2.44. The van der Waals surface area contributed by atoms with Crippen LogP contribution in [0.5, 0.6) is 5.75 Å². The number of anilines is 2. The third-order valence-corrected chi connectivity index (χ3v) is 7.03. The van der Waals surface area contributed by atoms with E-state index in [1.165, 1.54) is 4.57 Å². The summed E-state index contributed by atoms with van der Waals surface area (Å²) in [4.78, 5) is 27.6. The minimum absolute atomic E-state index is 0.189. The number of amides is 1. The first-order valence-electron chi connectivity index (χ1n) is 11.9. The van der Waals surface area contributed by atoms with Crippen molar-refractivity contribution in [3.63, 3.8) is 0 Å². The Hall–Kier alpha value is -4.54. The molecule has 0 atom stereocenters. The number of nitrogens with zero attached hydrogens (tertiary/aromatic N) is 4. The summed E-state index contributed by atoms with van der Waals surface area (Å²) in [5.74, 6) is 0.230. The number of ether oxygens (including phenoxy) is 1. The highest BCUT2D eigenvalue weighted by molar-refractivity contribution is 7.07. The second kappa shape index (κ2) is 11.9. The van der Waals surface area contributed by atoms with Crippen molar-refractivity contribution in [3.05, 3.63) is 73.6 Å². The number of nitriles is 2. The molecular weight excluding hydrogens is 488 g/mol. The van der Waals surface area contributed by atoms with Crippen molar-refractivity contribution < 1.29 is 9.53 Å². The number of hydrogen-bond acceptors (Lipinski definition) is 8. The van der Waals surface area contributed by atoms with Gasteiger partial charge in [0.1, 0.15) is 34.2 Å². The molecule has 2 heterocycles. The van der Waals surface area contributed by atoms with Crippen molar-refractivity contribution in [2.24, 2.45) is 0 Å². The average molecular weight is 515 g/mol. The summed E-state index contributed by atoms with van der Waals surface area (Å²) in [5.41, 5.74) is 2.60. The quantitative estimate of drug-likeness (QED) is 0.437. The second-order valence-electron chi connectivity index (χ2n) is 8.19. The van der Waals surface area contributed by atoms with Crippen molar-refractivity contribution >= 4 is 40.4 Å². The van der Waals surface area contributed by atoms with Crippen molar-refractivity contribution in [3.8, 4) is 17.9 Å². The molecule has 4 rings (SSSR count). The second-order valence-corrected chi connectivity index (χ2v) is 9.22. The van der Waals surface area contributed by atoms with E-state index < -0.39 is 5.91 Å². The lowest BCUT2D eigenvalue weighted by Crippen LogP contribution is -2.34. The topological polar surface area (TPSA) is 123 Å². The lowest BCUT2D eigenvalue weighted by atomic mass is 10.1. The predicted molar refractivity (Wildman–Crippen MR) is 144 cm³/mol. The normalized spacial score (nSPS) is 13.6. The first-order chi connectivity index (χ1) is 18.0. The molecule has 0 radical (unpaired) electrons. The van der Waals surface area contributed by atoms with Gasteiger partial charge in [0, 0.05) is 25.0 Å². The fourth-order valence-corrected chi connectivity index (χ4v) is 5.17. The summed E-state index contributed by atoms with van der Waals surface area (Å²) >= 11 is 1.06. The third kappa shape index (κ3) is 5.83. The van der Waals surface area contributed by atoms with Gasteiger partial charge in [0.05, 0.1) is 18.3 Å². The molecule has 2 N–H and O–H groups in total. The number of aromatic nitrogens is 1. The van der Waals surface area contributed by atoms with E-state index in [0.717, 1.165) is 53.5 Å². The van der Waals surface area contributed by atoms with E-state index in [2.05, 4.69) is 27.7 Å². The summed E-state index contributed by atoms with van der Waals surface area (Å²) in [5, 5.41) is 23.8. The van der Waals surface area contributed by atoms with E-state index in [1.54, 1.807) is 19.2 Å². The van der Waals surface area contributed by atoms with Gasteiger partial charge in [-0.1, -0.05) is 24.3 Å². The van der Waals surface area contributed by atoms with Crippen LogP contribution in [0.25, 0.3) is 11.8 Å². The van der Waals surface area contributed by atoms with E-state index in [4.69, 9.17) is 10.00 Å². The zero-order valence-electron chi connectivity index (χ0n) is 20.4. The average Bonchev–Trinajstić information content (AvgIpc) is 3.24. The lowest BCUT2D eigenvalue weighted by molar-refractivity contribution is -0.115. The molecule has 10 heteroatoms. The monoisotopic (exact) mass is 514 g/mol. The van der Waals surface area contributed by atoms with Gasteiger partial charge in [-0.15, -0.1) is 11.3 Å². The maximum Gasteiger partial charge on any atom is 0.270 e. The SMILES string of the molecule is CCn1c(=O)/c(=C\Nc2cccc(CCN3CCOc4ccccc43)c2)s/c1=C(/C#N)C(=O)NCC#N. The molecule has 0 fully saturated rings. The number of carbonyl (C=O) groups is 1. The molecule has 1 aliphatic heterocycles. The summed E-state index contributed by atoms with van der Waals surface area (Å²) in [6.45, 7) is 4.20. The first kappa shape index (κ1) is 25.5. The van der Waals surface area contributed by atoms with E-state index in [1.807, 2.05) is 42.5 Å². The largest absolute Gasteiger partial charge is 0.490 e. The number of para-hydroxylation sites is 2. The highest BCUT2D eigenvalue weighted by Crippen LogP contribution is 2.30. The van der Waals surface area contributed by atoms with Crippen molar-refractivity contribution in [2.75, 3.05) is 36.5 Å². The molecule has 0 saturated carbocycles. The Morgan fingerprint density at radius 2 is 2.05 bits per heavy atom. The molecule has 0 aliphatic carbocycles. The van der Waals surface area contributed by atoms with Crippen LogP contribution in [0.1, 0.15) is 12.5 Å². The van der Waals surface area contributed by atoms with E-state index >= 15 is 0 Å². The minimum Gasteiger partial charge on any atom is -0.490 e. The van der Waals surface area contributed by atoms with E-state index in [9.17, 15) is 14.9 Å². The van der Waals surface area contributed by atoms with E-state index in [-0.39, 0.29) is 22.3 Å². The Balaban J connectivity index is 1.53. The highest BCUT2D eigenvalue weighted by Gasteiger charge is 2.17. The van der Waals surface area contributed by atoms with Crippen LogP contribution in [-0.2, 0) is 17.8 Å². The van der Waals surface area contributed by atoms with Crippen LogP contribution in [0.3, 0.4) is 0 Å². The van der Waals surface area contributed by atoms with Gasteiger partial charge in [0.15, 0.2) is 5.57 Å². The van der Waals surface area contributed by atoms with Gasteiger partial charge in [-0.25, -0.2) is 0 Å². The van der Waals surface area contributed by atoms with Gasteiger partial charge >= 0.3 is 0 Å². The van der Waals surface area contributed by atoms with Crippen LogP contribution < -0.4 is 35.0 Å². The van der Waals surface area contributed by atoms with Crippen molar-refractivity contribution in [1.82, 2.24) is 9.88 Å². The molecular formula is C27H26N6O3S. The Morgan fingerprint density at radius 3 is 2.84 bits per heavy atom. The van der Waals surface area contributed by atoms with Gasteiger partial charge in [0.2, 0.25) is 0 Å². The smallest absolute Gasteiger partial charge is 0.270 e. The Labute approximate surface area is 218 Å². The maximum atomic E-state index is 12.9. The van der Waals surface area contributed by atoms with Crippen LogP contribution in [0.2, 0.25) is 0 Å². The highest BCUT2D eigenvalue weighted by atomic mass is 32.1. The van der Waals surface area contributed by atoms with Crippen LogP contribution in [0, 0.1) is 22.7 Å². The molecule has 2 aromatic carbocycles. The van der Waals surface area contributed by atoms with Gasteiger partial charge in [0.25, 0.3) is 11.5 Å². The molecule has 1 aliphatic rings. The van der Waals surface area contributed by atoms with Gasteiger partial charge in [-0.2, -0.15) is 10.5 Å². The van der Waals surface area contributed by atoms with Crippen molar-refractivity contribution in [1.29, 1.82) is 10.5 Å². The molecule has 1 amide bonds. The fourth-order valence-electron chi connectivity index (χ4n) is 4.08. The van der Waals surface area contributed by atoms with Crippen LogP contribution >= 0.6 is 11.3 Å². The van der Waals surface area contributed by atoms with Crippen LogP contribution in [-0.4, -0.2) is 36.7 Å². The minimum atomic E-state index is -0.678. The molecule has 0 unspecified atom stereocenters. The molecule has 9 nitrogen and oxygen atoms in total. The molecule has 188 valence electrons. The van der Waals surface area contributed by atoms with Crippen LogP contribution in [0.15, 0.2) is 53.3 Å². The molecule has 1 aromatic heterocycles. The Morgan fingerprint density at radius 1 is 1.22 bits per heavy atom. The summed E-state index contributed by atoms with van der Waals surface area (Å²) in [6, 6.07) is 19.7. The van der Waals surface area contributed by atoms with Gasteiger partial charge in [-0.05, 0) is 43.2 Å². The maximum absolute atomic E-state index is 12.9. The van der Waals surface area contributed by atoms with Crippen LogP contribution in [0.4, 0.5) is 11.4 Å². The molecule has 3 aromatic rings. The lowest BCUT2D eigenvalue weighted by Gasteiger charge is -2.31. The van der Waals surface area contributed by atoms with Crippen molar-refractivity contribution in [2.45, 2.75) is 19.9 Å². The number of fused-ring (bicyclic) bond motifs is 1. The standard InChI is InChI=1S/C27H26N6O3S/c1-2-33-26(35)24(37-27(33)21(17-29)25(34)30-12-11-28)18-31-20-7-5-6-19(16-20)10-13-32-14-15-36-23-9-4-3-8-22(23)32/h3-9,16,18,31H,2,10,12-15H2,1H3,(H,30,34)/b24-18+,27-21-. The molecule has 0 saturated heterocycles. The zero-order chi connectivity index (χ0) is 26.2. The third-order valence-electron chi connectivity index (χ3n) is 5.90. The Bertz CT molecular complexity index is 1560. The number of hydrogen-bond donors (Lipinski definition) is 2. The van der Waals surface area contributed by atoms with Gasteiger partial charge in [-0.3, -0.25) is 14.2 Å². The van der Waals surface area contributed by atoms with E-state index in [0.29, 0.717) is 17.7 Å². The Kier molecular flexibility index (Phi) is 8.24. The number of thiazole rings is 1. The molecule has 37 heavy (non-hydrogen) atoms. The number of benzene rings is 2. The zero-order valence-corrected chi connectivity index (χ0v) is 21.2. The predicted octanol–water partition coefficient (Wildman–Crippen LogP) is 1.54. The molecule has 0 bridgehead atoms. The number of rotatable bonds is 8. The first-order valence-corrected chi connectivity index (χ1v) is 12.7. The molecule has 0 spiro atoms. The number of nitrogens with one attached hydrogen (secondary N) is 2.